The van der Waals surface area contributed by atoms with Gasteiger partial charge in [0, 0.05) is 25.7 Å². The van der Waals surface area contributed by atoms with E-state index in [0.29, 0.717) is 16.2 Å². The molecule has 0 spiro atoms. The van der Waals surface area contributed by atoms with Crippen molar-refractivity contribution >= 4 is 22.4 Å². The summed E-state index contributed by atoms with van der Waals surface area (Å²) in [5.74, 6) is -0.0900. The minimum atomic E-state index is -0.0900. The summed E-state index contributed by atoms with van der Waals surface area (Å²) in [6.45, 7) is 2.28. The number of carbonyl (C=O) groups excluding carboxylic acids is 1. The highest BCUT2D eigenvalue weighted by Gasteiger charge is 2.38. The molecule has 6 nitrogen and oxygen atoms in total. The molecule has 98 valence electrons. The van der Waals surface area contributed by atoms with Crippen LogP contribution in [0.5, 0.6) is 0 Å². The molecule has 2 saturated heterocycles. The summed E-state index contributed by atoms with van der Waals surface area (Å²) in [4.78, 5) is 14.5. The van der Waals surface area contributed by atoms with Gasteiger partial charge in [0.25, 0.3) is 5.91 Å². The van der Waals surface area contributed by atoms with E-state index in [0.717, 1.165) is 13.0 Å². The van der Waals surface area contributed by atoms with Crippen LogP contribution in [0.1, 0.15) is 29.1 Å². The second kappa shape index (κ2) is 4.81. The molecule has 18 heavy (non-hydrogen) atoms. The van der Waals surface area contributed by atoms with E-state index in [1.165, 1.54) is 30.7 Å². The zero-order valence-electron chi connectivity index (χ0n) is 10.3. The maximum atomic E-state index is 12.1. The molecule has 2 aliphatic rings. The lowest BCUT2D eigenvalue weighted by Crippen LogP contribution is -2.42. The lowest BCUT2D eigenvalue weighted by molar-refractivity contribution is 0.0928. The second-order valence-electron chi connectivity index (χ2n) is 4.78. The fourth-order valence-electron chi connectivity index (χ4n) is 2.90. The number of carbonyl (C=O) groups is 1. The number of nitrogens with zero attached hydrogens (tertiary/aromatic N) is 3. The van der Waals surface area contributed by atoms with Crippen molar-refractivity contribution in [1.29, 1.82) is 0 Å². The third kappa shape index (κ3) is 2.08. The molecule has 2 atom stereocenters. The zero-order valence-corrected chi connectivity index (χ0v) is 11.2. The molecule has 7 heteroatoms. The van der Waals surface area contributed by atoms with E-state index in [4.69, 9.17) is 0 Å². The van der Waals surface area contributed by atoms with Crippen molar-refractivity contribution in [3.63, 3.8) is 0 Å². The van der Waals surface area contributed by atoms with Crippen LogP contribution in [0.25, 0.3) is 0 Å². The van der Waals surface area contributed by atoms with E-state index >= 15 is 0 Å². The number of anilines is 1. The zero-order chi connectivity index (χ0) is 12.5. The monoisotopic (exact) mass is 267 g/mol. The average Bonchev–Trinajstić information content (AvgIpc) is 3.05. The number of amides is 1. The van der Waals surface area contributed by atoms with Gasteiger partial charge in [0.15, 0.2) is 0 Å². The highest BCUT2D eigenvalue weighted by Crippen LogP contribution is 2.28. The van der Waals surface area contributed by atoms with E-state index < -0.39 is 0 Å². The van der Waals surface area contributed by atoms with Gasteiger partial charge < -0.3 is 10.6 Å². The Morgan fingerprint density at radius 3 is 3.06 bits per heavy atom. The first-order valence-corrected chi connectivity index (χ1v) is 7.16. The van der Waals surface area contributed by atoms with Gasteiger partial charge in [0.05, 0.1) is 0 Å². The van der Waals surface area contributed by atoms with Crippen LogP contribution in [0.15, 0.2) is 0 Å². The van der Waals surface area contributed by atoms with Crippen LogP contribution in [-0.2, 0) is 0 Å². The van der Waals surface area contributed by atoms with Crippen molar-refractivity contribution < 1.29 is 4.79 Å². The minimum absolute atomic E-state index is 0.0900. The molecule has 0 bridgehead atoms. The van der Waals surface area contributed by atoms with Crippen LogP contribution in [0.3, 0.4) is 0 Å². The summed E-state index contributed by atoms with van der Waals surface area (Å²) in [6, 6.07) is 0.813. The summed E-state index contributed by atoms with van der Waals surface area (Å²) in [5.41, 5.74) is 0. The molecule has 2 aliphatic heterocycles. The summed E-state index contributed by atoms with van der Waals surface area (Å²) >= 11 is 1.29. The Hall–Kier alpha value is -1.21. The van der Waals surface area contributed by atoms with E-state index in [1.54, 1.807) is 7.05 Å². The molecule has 0 radical (unpaired) electrons. The molecule has 0 aromatic carbocycles. The highest BCUT2D eigenvalue weighted by molar-refractivity contribution is 7.17. The Labute approximate surface area is 110 Å². The Morgan fingerprint density at radius 1 is 1.39 bits per heavy atom. The fourth-order valence-corrected chi connectivity index (χ4v) is 3.50. The Balaban J connectivity index is 1.64. The van der Waals surface area contributed by atoms with Crippen LogP contribution >= 0.6 is 11.3 Å². The fraction of sp³-hybridized carbons (Fsp3) is 0.727. The molecule has 2 N–H and O–H groups in total. The number of aromatic nitrogens is 2. The van der Waals surface area contributed by atoms with Gasteiger partial charge in [-0.3, -0.25) is 9.69 Å². The summed E-state index contributed by atoms with van der Waals surface area (Å²) in [6.07, 6.45) is 3.50. The molecule has 1 amide bonds. The summed E-state index contributed by atoms with van der Waals surface area (Å²) in [5, 5.41) is 14.9. The first-order chi connectivity index (χ1) is 8.78. The Morgan fingerprint density at radius 2 is 2.28 bits per heavy atom. The van der Waals surface area contributed by atoms with Gasteiger partial charge in [-0.2, -0.15) is 0 Å². The van der Waals surface area contributed by atoms with Gasteiger partial charge in [-0.05, 0) is 25.8 Å². The first-order valence-electron chi connectivity index (χ1n) is 6.34. The molecule has 3 rings (SSSR count). The molecule has 0 saturated carbocycles. The van der Waals surface area contributed by atoms with Crippen molar-refractivity contribution in [2.75, 3.05) is 25.5 Å². The molecular formula is C11H17N5OS. The van der Waals surface area contributed by atoms with E-state index in [1.807, 2.05) is 0 Å². The molecular weight excluding hydrogens is 250 g/mol. The van der Waals surface area contributed by atoms with E-state index in [2.05, 4.69) is 25.7 Å². The number of fused-ring (bicyclic) bond motifs is 1. The van der Waals surface area contributed by atoms with E-state index in [9.17, 15) is 4.79 Å². The van der Waals surface area contributed by atoms with Crippen LogP contribution in [0.4, 0.5) is 5.13 Å². The maximum absolute atomic E-state index is 12.1. The molecule has 0 aliphatic carbocycles. The summed E-state index contributed by atoms with van der Waals surface area (Å²) in [7, 11) is 1.77. The maximum Gasteiger partial charge on any atom is 0.282 e. The Bertz CT molecular complexity index is 448. The van der Waals surface area contributed by atoms with Crippen molar-refractivity contribution in [3.05, 3.63) is 5.01 Å². The minimum Gasteiger partial charge on any atom is -0.363 e. The van der Waals surface area contributed by atoms with Crippen molar-refractivity contribution in [1.82, 2.24) is 20.4 Å². The van der Waals surface area contributed by atoms with Crippen LogP contribution in [0.2, 0.25) is 0 Å². The predicted octanol–water partition coefficient (Wildman–Crippen LogP) is 0.546. The lowest BCUT2D eigenvalue weighted by atomic mass is 10.1. The Kier molecular flexibility index (Phi) is 3.17. The first kappa shape index (κ1) is 11.9. The standard InChI is InChI=1S/C11H17N5OS/c1-12-11-15-14-10(18-11)9(17)13-7-4-6-16-5-2-3-8(7)16/h7-8H,2-6H2,1H3,(H,12,15)(H,13,17). The molecule has 1 aromatic heterocycles. The number of rotatable bonds is 3. The predicted molar refractivity (Wildman–Crippen MR) is 69.9 cm³/mol. The quantitative estimate of drug-likeness (QED) is 0.837. The van der Waals surface area contributed by atoms with Crippen LogP contribution < -0.4 is 10.6 Å². The molecule has 2 fully saturated rings. The van der Waals surface area contributed by atoms with Gasteiger partial charge >= 0.3 is 0 Å². The van der Waals surface area contributed by atoms with Crippen LogP contribution in [-0.4, -0.2) is 53.2 Å². The topological polar surface area (TPSA) is 70.1 Å². The largest absolute Gasteiger partial charge is 0.363 e. The SMILES string of the molecule is CNc1nnc(C(=O)NC2CCN3CCCC23)s1. The third-order valence-corrected chi connectivity index (χ3v) is 4.70. The van der Waals surface area contributed by atoms with Gasteiger partial charge in [0.1, 0.15) is 0 Å². The van der Waals surface area contributed by atoms with Gasteiger partial charge in [-0.25, -0.2) is 0 Å². The van der Waals surface area contributed by atoms with Gasteiger partial charge in [0.2, 0.25) is 10.1 Å². The molecule has 2 unspecified atom stereocenters. The van der Waals surface area contributed by atoms with Crippen molar-refractivity contribution in [2.45, 2.75) is 31.3 Å². The molecule has 1 aromatic rings. The number of nitrogens with one attached hydrogen (secondary N) is 2. The smallest absolute Gasteiger partial charge is 0.282 e. The normalized spacial score (nSPS) is 27.2. The van der Waals surface area contributed by atoms with Gasteiger partial charge in [-0.1, -0.05) is 11.3 Å². The average molecular weight is 267 g/mol. The highest BCUT2D eigenvalue weighted by atomic mass is 32.1. The summed E-state index contributed by atoms with van der Waals surface area (Å²) < 4.78 is 0. The van der Waals surface area contributed by atoms with Gasteiger partial charge in [-0.15, -0.1) is 10.2 Å². The molecule has 3 heterocycles. The van der Waals surface area contributed by atoms with E-state index in [-0.39, 0.29) is 11.9 Å². The number of hydrogen-bond acceptors (Lipinski definition) is 6. The lowest BCUT2D eigenvalue weighted by Gasteiger charge is -2.20. The second-order valence-corrected chi connectivity index (χ2v) is 5.75. The van der Waals surface area contributed by atoms with Crippen LogP contribution in [0, 0.1) is 0 Å². The third-order valence-electron chi connectivity index (χ3n) is 3.76. The number of hydrogen-bond donors (Lipinski definition) is 2. The van der Waals surface area contributed by atoms with Crippen molar-refractivity contribution in [2.24, 2.45) is 0 Å². The van der Waals surface area contributed by atoms with Crippen molar-refractivity contribution in [3.8, 4) is 0 Å².